The van der Waals surface area contributed by atoms with Gasteiger partial charge in [-0.25, -0.2) is 9.97 Å². The van der Waals surface area contributed by atoms with Gasteiger partial charge in [-0.1, -0.05) is 12.6 Å². The molecule has 2 aromatic carbocycles. The van der Waals surface area contributed by atoms with Crippen molar-refractivity contribution in [2.75, 3.05) is 31.1 Å². The summed E-state index contributed by atoms with van der Waals surface area (Å²) in [6.45, 7) is 8.31. The number of nitrogens with one attached hydrogen (secondary N) is 1. The Labute approximate surface area is 189 Å². The van der Waals surface area contributed by atoms with Gasteiger partial charge in [-0.05, 0) is 47.9 Å². The molecule has 0 spiro atoms. The second-order valence-electron chi connectivity index (χ2n) is 8.28. The highest BCUT2D eigenvalue weighted by Gasteiger charge is 2.25. The van der Waals surface area contributed by atoms with Crippen molar-refractivity contribution in [2.24, 2.45) is 0 Å². The maximum Gasteiger partial charge on any atom is 0.246 e. The maximum atomic E-state index is 12.0. The number of aromatic nitrogens is 4. The molecular weight excluding hydrogens is 416 g/mol. The van der Waals surface area contributed by atoms with Crippen LogP contribution in [0, 0.1) is 6.92 Å². The molecular formula is C25H22N6O2. The highest BCUT2D eigenvalue weighted by atomic mass is 16.3. The molecule has 1 saturated heterocycles. The van der Waals surface area contributed by atoms with Gasteiger partial charge in [-0.2, -0.15) is 5.10 Å². The smallest absolute Gasteiger partial charge is 0.246 e. The monoisotopic (exact) mass is 438 g/mol. The van der Waals surface area contributed by atoms with E-state index in [1.807, 2.05) is 23.2 Å². The SMILES string of the molecule is C=CC(=O)N1CCN(c2ncnc3cc(-c4c(C)ccc5[nH]ncc45)c4ccoc4c23)CC1. The molecule has 0 radical (unpaired) electrons. The van der Waals surface area contributed by atoms with Gasteiger partial charge in [-0.15, -0.1) is 0 Å². The molecule has 6 rings (SSSR count). The summed E-state index contributed by atoms with van der Waals surface area (Å²) >= 11 is 0. The lowest BCUT2D eigenvalue weighted by Gasteiger charge is -2.35. The fourth-order valence-electron chi connectivity index (χ4n) is 4.84. The van der Waals surface area contributed by atoms with Gasteiger partial charge in [0.1, 0.15) is 17.7 Å². The summed E-state index contributed by atoms with van der Waals surface area (Å²) in [4.78, 5) is 25.2. The van der Waals surface area contributed by atoms with E-state index in [2.05, 4.69) is 50.7 Å². The van der Waals surface area contributed by atoms with E-state index in [4.69, 9.17) is 4.42 Å². The minimum absolute atomic E-state index is 0.0379. The molecule has 0 atom stereocenters. The number of carbonyl (C=O) groups is 1. The molecule has 1 aliphatic rings. The third-order valence-corrected chi connectivity index (χ3v) is 6.49. The number of rotatable bonds is 3. The average molecular weight is 438 g/mol. The predicted octanol–water partition coefficient (Wildman–Crippen LogP) is 4.06. The highest BCUT2D eigenvalue weighted by Crippen LogP contribution is 2.41. The Hall–Kier alpha value is -4.20. The minimum atomic E-state index is -0.0379. The number of carbonyl (C=O) groups excluding carboxylic acids is 1. The summed E-state index contributed by atoms with van der Waals surface area (Å²) < 4.78 is 6.03. The second kappa shape index (κ2) is 7.44. The number of amides is 1. The molecule has 3 aromatic heterocycles. The third-order valence-electron chi connectivity index (χ3n) is 6.49. The highest BCUT2D eigenvalue weighted by molar-refractivity contribution is 6.16. The van der Waals surface area contributed by atoms with E-state index in [1.54, 1.807) is 12.6 Å². The normalized spacial score (nSPS) is 14.5. The van der Waals surface area contributed by atoms with E-state index < -0.39 is 0 Å². The van der Waals surface area contributed by atoms with Crippen molar-refractivity contribution in [3.8, 4) is 11.1 Å². The number of hydrogen-bond acceptors (Lipinski definition) is 6. The van der Waals surface area contributed by atoms with Crippen molar-refractivity contribution in [1.82, 2.24) is 25.1 Å². The number of piperazine rings is 1. The molecule has 5 aromatic rings. The van der Waals surface area contributed by atoms with Crippen molar-refractivity contribution in [3.63, 3.8) is 0 Å². The Morgan fingerprint density at radius 2 is 2.00 bits per heavy atom. The van der Waals surface area contributed by atoms with E-state index in [0.29, 0.717) is 26.2 Å². The van der Waals surface area contributed by atoms with Crippen LogP contribution in [0.3, 0.4) is 0 Å². The molecule has 1 aliphatic heterocycles. The minimum Gasteiger partial charge on any atom is -0.463 e. The number of benzene rings is 2. The Balaban J connectivity index is 1.52. The van der Waals surface area contributed by atoms with E-state index >= 15 is 0 Å². The van der Waals surface area contributed by atoms with Crippen LogP contribution in [0.5, 0.6) is 0 Å². The Bertz CT molecular complexity index is 1540. The number of H-pyrrole nitrogens is 1. The molecule has 0 unspecified atom stereocenters. The zero-order valence-electron chi connectivity index (χ0n) is 18.2. The van der Waals surface area contributed by atoms with Crippen LogP contribution in [0.2, 0.25) is 0 Å². The van der Waals surface area contributed by atoms with Crippen LogP contribution in [-0.2, 0) is 4.79 Å². The standard InChI is InChI=1S/C25H22N6O2/c1-3-21(32)30-7-9-31(10-8-30)25-23-20(26-14-27-25)12-17(16-6-11-33-24(16)23)22-15(2)4-5-19-18(22)13-28-29-19/h3-6,11-14H,1,7-10H2,2H3,(H,28,29). The lowest BCUT2D eigenvalue weighted by atomic mass is 9.93. The molecule has 1 amide bonds. The Morgan fingerprint density at radius 3 is 2.82 bits per heavy atom. The van der Waals surface area contributed by atoms with Crippen LogP contribution in [-0.4, -0.2) is 57.2 Å². The third kappa shape index (κ3) is 2.98. The lowest BCUT2D eigenvalue weighted by Crippen LogP contribution is -2.48. The van der Waals surface area contributed by atoms with Crippen LogP contribution in [0.4, 0.5) is 5.82 Å². The Kier molecular flexibility index (Phi) is 4.39. The number of anilines is 1. The first kappa shape index (κ1) is 19.5. The topological polar surface area (TPSA) is 91.2 Å². The zero-order valence-corrected chi connectivity index (χ0v) is 18.2. The van der Waals surface area contributed by atoms with Crippen LogP contribution in [0.15, 0.2) is 60.1 Å². The molecule has 8 heteroatoms. The first-order chi connectivity index (χ1) is 16.2. The lowest BCUT2D eigenvalue weighted by molar-refractivity contribution is -0.126. The largest absolute Gasteiger partial charge is 0.463 e. The summed E-state index contributed by atoms with van der Waals surface area (Å²) in [6.07, 6.45) is 6.55. The van der Waals surface area contributed by atoms with Gasteiger partial charge in [0.25, 0.3) is 0 Å². The molecule has 1 N–H and O–H groups in total. The summed E-state index contributed by atoms with van der Waals surface area (Å²) in [5.41, 5.74) is 5.91. The van der Waals surface area contributed by atoms with Crippen molar-refractivity contribution >= 4 is 44.5 Å². The second-order valence-corrected chi connectivity index (χ2v) is 8.28. The van der Waals surface area contributed by atoms with Gasteiger partial charge in [0.15, 0.2) is 0 Å². The first-order valence-corrected chi connectivity index (χ1v) is 10.9. The van der Waals surface area contributed by atoms with Gasteiger partial charge in [0, 0.05) is 37.0 Å². The fraction of sp³-hybridized carbons (Fsp3) is 0.200. The number of aromatic amines is 1. The molecule has 0 aliphatic carbocycles. The maximum absolute atomic E-state index is 12.0. The van der Waals surface area contributed by atoms with Gasteiger partial charge in [0.2, 0.25) is 5.91 Å². The van der Waals surface area contributed by atoms with Crippen LogP contribution in [0.1, 0.15) is 5.56 Å². The summed E-state index contributed by atoms with van der Waals surface area (Å²) in [6, 6.07) is 8.26. The summed E-state index contributed by atoms with van der Waals surface area (Å²) in [7, 11) is 0. The number of nitrogens with zero attached hydrogens (tertiary/aromatic N) is 5. The average Bonchev–Trinajstić information content (AvgIpc) is 3.53. The van der Waals surface area contributed by atoms with Crippen molar-refractivity contribution < 1.29 is 9.21 Å². The van der Waals surface area contributed by atoms with E-state index in [1.165, 1.54) is 6.08 Å². The summed E-state index contributed by atoms with van der Waals surface area (Å²) in [5.74, 6) is 0.791. The molecule has 0 bridgehead atoms. The zero-order chi connectivity index (χ0) is 22.5. The van der Waals surface area contributed by atoms with E-state index in [9.17, 15) is 4.79 Å². The van der Waals surface area contributed by atoms with E-state index in [0.717, 1.165) is 55.3 Å². The Morgan fingerprint density at radius 1 is 1.15 bits per heavy atom. The molecule has 1 fully saturated rings. The van der Waals surface area contributed by atoms with Crippen LogP contribution >= 0.6 is 0 Å². The molecule has 8 nitrogen and oxygen atoms in total. The number of furan rings is 1. The number of hydrogen-bond donors (Lipinski definition) is 1. The number of fused-ring (bicyclic) bond motifs is 4. The van der Waals surface area contributed by atoms with Crippen molar-refractivity contribution in [3.05, 3.63) is 61.3 Å². The first-order valence-electron chi connectivity index (χ1n) is 10.9. The van der Waals surface area contributed by atoms with Crippen LogP contribution in [0.25, 0.3) is 43.9 Å². The van der Waals surface area contributed by atoms with Gasteiger partial charge >= 0.3 is 0 Å². The number of aryl methyl sites for hydroxylation is 1. The molecule has 164 valence electrons. The van der Waals surface area contributed by atoms with E-state index in [-0.39, 0.29) is 5.91 Å². The van der Waals surface area contributed by atoms with Gasteiger partial charge in [-0.3, -0.25) is 9.89 Å². The van der Waals surface area contributed by atoms with Gasteiger partial charge in [0.05, 0.1) is 28.9 Å². The fourth-order valence-corrected chi connectivity index (χ4v) is 4.84. The molecule has 4 heterocycles. The summed E-state index contributed by atoms with van der Waals surface area (Å²) in [5, 5.41) is 10.3. The van der Waals surface area contributed by atoms with Crippen molar-refractivity contribution in [2.45, 2.75) is 6.92 Å². The van der Waals surface area contributed by atoms with Crippen LogP contribution < -0.4 is 4.90 Å². The predicted molar refractivity (Wildman–Crippen MR) is 128 cm³/mol. The molecule has 33 heavy (non-hydrogen) atoms. The van der Waals surface area contributed by atoms with Gasteiger partial charge < -0.3 is 14.2 Å². The quantitative estimate of drug-likeness (QED) is 0.427. The molecule has 0 saturated carbocycles. The van der Waals surface area contributed by atoms with Crippen molar-refractivity contribution in [1.29, 1.82) is 0 Å².